The Bertz CT molecular complexity index is 999. The second kappa shape index (κ2) is 8.44. The van der Waals surface area contributed by atoms with Gasteiger partial charge in [-0.3, -0.25) is 4.79 Å². The second-order valence-corrected chi connectivity index (χ2v) is 8.31. The molecular weight excluding hydrogens is 426 g/mol. The van der Waals surface area contributed by atoms with Gasteiger partial charge in [0, 0.05) is 25.6 Å². The van der Waals surface area contributed by atoms with Gasteiger partial charge in [0.05, 0.1) is 17.5 Å². The first-order chi connectivity index (χ1) is 15.2. The number of carbonyl (C=O) groups excluding carboxylic acids is 2. The fraction of sp³-hybridized carbons (Fsp3) is 0.391. The van der Waals surface area contributed by atoms with Crippen molar-refractivity contribution in [2.75, 3.05) is 19.6 Å². The average Bonchev–Trinajstić information content (AvgIpc) is 2.75. The number of benzene rings is 2. The van der Waals surface area contributed by atoms with E-state index < -0.39 is 17.3 Å². The van der Waals surface area contributed by atoms with Crippen LogP contribution in [-0.4, -0.2) is 42.0 Å². The van der Waals surface area contributed by atoms with E-state index in [2.05, 4.69) is 10.6 Å². The third-order valence-corrected chi connectivity index (χ3v) is 6.44. The lowest BCUT2D eigenvalue weighted by Gasteiger charge is -2.49. The maximum atomic E-state index is 13.4. The van der Waals surface area contributed by atoms with Crippen molar-refractivity contribution in [3.8, 4) is 0 Å². The standard InChI is InChI=1S/C23H23F4N3O2/c24-17-7-5-15(6-8-17)19-14-28-21(32)29-22(19)9-11-30(12-10-22)20(31)13-16-3-1-2-4-18(16)23(25,26)27/h1-8,19H,9-14H2,(H2,28,29,32)/t19-/m0/s1. The number of carbonyl (C=O) groups is 2. The van der Waals surface area contributed by atoms with E-state index in [1.54, 1.807) is 17.0 Å². The van der Waals surface area contributed by atoms with Crippen molar-refractivity contribution in [1.29, 1.82) is 0 Å². The maximum Gasteiger partial charge on any atom is 0.416 e. The van der Waals surface area contributed by atoms with Gasteiger partial charge >= 0.3 is 12.2 Å². The lowest BCUT2D eigenvalue weighted by molar-refractivity contribution is -0.138. The van der Waals surface area contributed by atoms with E-state index in [-0.39, 0.29) is 35.7 Å². The summed E-state index contributed by atoms with van der Waals surface area (Å²) >= 11 is 0. The summed E-state index contributed by atoms with van der Waals surface area (Å²) in [5.41, 5.74) is -0.591. The zero-order chi connectivity index (χ0) is 22.9. The average molecular weight is 449 g/mol. The van der Waals surface area contributed by atoms with Crippen LogP contribution in [0.5, 0.6) is 0 Å². The van der Waals surface area contributed by atoms with Crippen LogP contribution in [0.3, 0.4) is 0 Å². The predicted octanol–water partition coefficient (Wildman–Crippen LogP) is 3.84. The Morgan fingerprint density at radius 2 is 1.72 bits per heavy atom. The van der Waals surface area contributed by atoms with Crippen LogP contribution < -0.4 is 10.6 Å². The van der Waals surface area contributed by atoms with Gasteiger partial charge in [-0.05, 0) is 42.2 Å². The Kier molecular flexibility index (Phi) is 5.83. The van der Waals surface area contributed by atoms with E-state index in [9.17, 15) is 27.2 Å². The zero-order valence-electron chi connectivity index (χ0n) is 17.2. The van der Waals surface area contributed by atoms with Gasteiger partial charge in [-0.2, -0.15) is 13.2 Å². The molecule has 2 N–H and O–H groups in total. The maximum absolute atomic E-state index is 13.4. The molecule has 2 heterocycles. The van der Waals surface area contributed by atoms with Gasteiger partial charge in [0.15, 0.2) is 0 Å². The molecule has 170 valence electrons. The normalized spacial score (nSPS) is 20.6. The lowest BCUT2D eigenvalue weighted by Crippen LogP contribution is -2.66. The number of nitrogens with zero attached hydrogens (tertiary/aromatic N) is 1. The summed E-state index contributed by atoms with van der Waals surface area (Å²) in [7, 11) is 0. The van der Waals surface area contributed by atoms with Crippen molar-refractivity contribution < 1.29 is 27.2 Å². The molecule has 3 amide bonds. The Hall–Kier alpha value is -3.10. The highest BCUT2D eigenvalue weighted by Crippen LogP contribution is 2.39. The molecule has 2 aromatic carbocycles. The van der Waals surface area contributed by atoms with Gasteiger partial charge in [0.25, 0.3) is 0 Å². The summed E-state index contributed by atoms with van der Waals surface area (Å²) in [4.78, 5) is 26.4. The van der Waals surface area contributed by atoms with Gasteiger partial charge in [0.2, 0.25) is 5.91 Å². The highest BCUT2D eigenvalue weighted by Gasteiger charge is 2.46. The van der Waals surface area contributed by atoms with Crippen LogP contribution in [0.15, 0.2) is 48.5 Å². The van der Waals surface area contributed by atoms with Crippen molar-refractivity contribution >= 4 is 11.9 Å². The number of alkyl halides is 3. The molecule has 2 saturated heterocycles. The molecule has 2 aliphatic rings. The third kappa shape index (κ3) is 4.42. The number of amides is 3. The molecule has 0 saturated carbocycles. The first-order valence-electron chi connectivity index (χ1n) is 10.4. The van der Waals surface area contributed by atoms with E-state index in [1.807, 2.05) is 0 Å². The number of likely N-dealkylation sites (tertiary alicyclic amines) is 1. The minimum Gasteiger partial charge on any atom is -0.342 e. The third-order valence-electron chi connectivity index (χ3n) is 6.44. The molecule has 1 spiro atoms. The number of hydrogen-bond donors (Lipinski definition) is 2. The SMILES string of the molecule is O=C1NC[C@@H](c2ccc(F)cc2)C2(CCN(C(=O)Cc3ccccc3C(F)(F)F)CC2)N1. The Labute approximate surface area is 182 Å². The molecule has 0 unspecified atom stereocenters. The fourth-order valence-corrected chi connectivity index (χ4v) is 4.73. The summed E-state index contributed by atoms with van der Waals surface area (Å²) in [6.45, 7) is 1.00. The molecule has 1 atom stereocenters. The van der Waals surface area contributed by atoms with Crippen LogP contribution in [-0.2, 0) is 17.4 Å². The van der Waals surface area contributed by atoms with E-state index in [0.717, 1.165) is 11.6 Å². The molecule has 2 fully saturated rings. The molecule has 5 nitrogen and oxygen atoms in total. The quantitative estimate of drug-likeness (QED) is 0.700. The van der Waals surface area contributed by atoms with Crippen LogP contribution in [0.4, 0.5) is 22.4 Å². The molecule has 9 heteroatoms. The van der Waals surface area contributed by atoms with E-state index in [1.165, 1.54) is 30.3 Å². The van der Waals surface area contributed by atoms with Crippen molar-refractivity contribution in [3.63, 3.8) is 0 Å². The number of hydrogen-bond acceptors (Lipinski definition) is 2. The van der Waals surface area contributed by atoms with Crippen LogP contribution in [0.1, 0.15) is 35.4 Å². The minimum absolute atomic E-state index is 0.0513. The molecule has 32 heavy (non-hydrogen) atoms. The van der Waals surface area contributed by atoms with Gasteiger partial charge < -0.3 is 15.5 Å². The van der Waals surface area contributed by atoms with E-state index in [4.69, 9.17) is 0 Å². The van der Waals surface area contributed by atoms with Gasteiger partial charge in [-0.25, -0.2) is 9.18 Å². The van der Waals surface area contributed by atoms with E-state index in [0.29, 0.717) is 32.5 Å². The molecule has 0 aromatic heterocycles. The topological polar surface area (TPSA) is 61.4 Å². The highest BCUT2D eigenvalue weighted by atomic mass is 19.4. The van der Waals surface area contributed by atoms with Crippen molar-refractivity contribution in [1.82, 2.24) is 15.5 Å². The Morgan fingerprint density at radius 3 is 2.38 bits per heavy atom. The van der Waals surface area contributed by atoms with Gasteiger partial charge in [-0.1, -0.05) is 30.3 Å². The molecule has 2 aromatic rings. The van der Waals surface area contributed by atoms with Gasteiger partial charge in [-0.15, -0.1) is 0 Å². The molecule has 0 bridgehead atoms. The van der Waals surface area contributed by atoms with Crippen LogP contribution in [0, 0.1) is 5.82 Å². The Balaban J connectivity index is 1.48. The number of piperidine rings is 1. The van der Waals surface area contributed by atoms with Gasteiger partial charge in [0.1, 0.15) is 5.82 Å². The number of urea groups is 1. The molecule has 4 rings (SSSR count). The lowest BCUT2D eigenvalue weighted by atomic mass is 9.72. The van der Waals surface area contributed by atoms with Crippen LogP contribution >= 0.6 is 0 Å². The largest absolute Gasteiger partial charge is 0.416 e. The number of nitrogens with one attached hydrogen (secondary N) is 2. The minimum atomic E-state index is -4.52. The summed E-state index contributed by atoms with van der Waals surface area (Å²) in [6.07, 6.45) is -3.95. The summed E-state index contributed by atoms with van der Waals surface area (Å²) in [5.74, 6) is -0.852. The smallest absolute Gasteiger partial charge is 0.342 e. The molecular formula is C23H23F4N3O2. The first-order valence-corrected chi connectivity index (χ1v) is 10.4. The monoisotopic (exact) mass is 449 g/mol. The highest BCUT2D eigenvalue weighted by molar-refractivity contribution is 5.80. The second-order valence-electron chi connectivity index (χ2n) is 8.31. The zero-order valence-corrected chi connectivity index (χ0v) is 17.2. The summed E-state index contributed by atoms with van der Waals surface area (Å²) in [5, 5.41) is 5.78. The van der Waals surface area contributed by atoms with E-state index >= 15 is 0 Å². The first kappa shape index (κ1) is 22.1. The van der Waals surface area contributed by atoms with Crippen LogP contribution in [0.2, 0.25) is 0 Å². The molecule has 2 aliphatic heterocycles. The predicted molar refractivity (Wildman–Crippen MR) is 109 cm³/mol. The van der Waals surface area contributed by atoms with Crippen molar-refractivity contribution in [2.24, 2.45) is 0 Å². The summed E-state index contributed by atoms with van der Waals surface area (Å²) in [6, 6.07) is 10.9. The Morgan fingerprint density at radius 1 is 1.06 bits per heavy atom. The van der Waals surface area contributed by atoms with Crippen molar-refractivity contribution in [3.05, 3.63) is 71.0 Å². The molecule has 0 radical (unpaired) electrons. The van der Waals surface area contributed by atoms with Crippen molar-refractivity contribution in [2.45, 2.75) is 36.9 Å². The number of halogens is 4. The molecule has 0 aliphatic carbocycles. The van der Waals surface area contributed by atoms with Crippen LogP contribution in [0.25, 0.3) is 0 Å². The fourth-order valence-electron chi connectivity index (χ4n) is 4.73. The summed E-state index contributed by atoms with van der Waals surface area (Å²) < 4.78 is 53.1. The number of rotatable bonds is 3.